The van der Waals surface area contributed by atoms with Crippen molar-refractivity contribution in [3.8, 4) is 108 Å². The van der Waals surface area contributed by atoms with Crippen LogP contribution in [-0.2, 0) is 64.4 Å². The highest BCUT2D eigenvalue weighted by molar-refractivity contribution is 7.13. The van der Waals surface area contributed by atoms with Crippen LogP contribution in [0.4, 0.5) is 0 Å². The summed E-state index contributed by atoms with van der Waals surface area (Å²) in [6.45, 7) is 6.89. The van der Waals surface area contributed by atoms with Crippen LogP contribution in [-0.4, -0.2) is 198 Å². The third-order valence-electron chi connectivity index (χ3n) is 25.1. The van der Waals surface area contributed by atoms with Crippen LogP contribution in [0.3, 0.4) is 0 Å². The number of aryl methyl sites for hydroxylation is 2. The number of aromatic nitrogens is 15. The number of aliphatic hydroxyl groups excluding tert-OH is 4. The lowest BCUT2D eigenvalue weighted by molar-refractivity contribution is -0.130. The number of nitrogens with zero attached hydrogens (tertiary/aromatic N) is 19. The molecule has 4 N–H and O–H groups in total. The third-order valence-corrected chi connectivity index (χ3v) is 25.9. The Morgan fingerprint density at radius 2 is 0.896 bits per heavy atom. The van der Waals surface area contributed by atoms with Gasteiger partial charge in [-0.3, -0.25) is 19.2 Å². The summed E-state index contributed by atoms with van der Waals surface area (Å²) in [5.74, 6) is 7.35. The fraction of sp³-hybridized carbons (Fsp3) is 0.352. The Morgan fingerprint density at radius 3 is 1.33 bits per heavy atom. The molecule has 6 aromatic carbocycles. The molecule has 0 radical (unpaired) electrons. The Hall–Kier alpha value is -13.4. The third kappa shape index (κ3) is 15.2. The highest BCUT2D eigenvalue weighted by Crippen LogP contribution is 2.54. The van der Waals surface area contributed by atoms with Crippen molar-refractivity contribution < 1.29 is 67.0 Å². The molecule has 13 heterocycles. The second-order valence-corrected chi connectivity index (χ2v) is 33.9. The van der Waals surface area contributed by atoms with Crippen LogP contribution >= 0.6 is 11.3 Å². The number of amides is 4. The lowest BCUT2D eigenvalue weighted by Crippen LogP contribution is -2.30. The van der Waals surface area contributed by atoms with E-state index in [-0.39, 0.29) is 110 Å². The van der Waals surface area contributed by atoms with Gasteiger partial charge in [0.15, 0.2) is 22.2 Å². The minimum absolute atomic E-state index is 0.00244. The van der Waals surface area contributed by atoms with Crippen LogP contribution in [0.1, 0.15) is 132 Å². The average Bonchev–Trinajstić information content (AvgIpc) is 1.60. The number of rotatable bonds is 21. The smallest absolute Gasteiger partial charge is 0.280 e. The molecule has 8 aromatic heterocycles. The number of likely N-dealkylation sites (tertiary alicyclic amines) is 4. The van der Waals surface area contributed by atoms with E-state index in [2.05, 4.69) is 88.8 Å². The Balaban J connectivity index is 0.000000105. The van der Waals surface area contributed by atoms with Gasteiger partial charge in [-0.05, 0) is 150 Å². The molecule has 14 aromatic rings. The fourth-order valence-corrected chi connectivity index (χ4v) is 20.6. The molecular formula is C91H87N19O14S. The fourth-order valence-electron chi connectivity index (χ4n) is 20.0. The minimum atomic E-state index is -0.0428. The molecular weight excluding hydrogens is 1620 g/mol. The molecule has 636 valence electrons. The molecule has 8 atom stereocenters. The topological polar surface area (TPSA) is 415 Å². The first-order valence-electron chi connectivity index (χ1n) is 42.3. The molecule has 0 bridgehead atoms. The summed E-state index contributed by atoms with van der Waals surface area (Å²) in [5, 5.41) is 69.4. The van der Waals surface area contributed by atoms with Crippen LogP contribution in [0, 0.1) is 23.7 Å². The molecule has 23 rings (SSSR count). The number of aliphatic hydroxyl groups is 4. The molecule has 4 amide bonds. The summed E-state index contributed by atoms with van der Waals surface area (Å²) in [5.41, 5.74) is 16.5. The number of hydrogen-bond donors (Lipinski definition) is 4. The van der Waals surface area contributed by atoms with Gasteiger partial charge < -0.3 is 71.9 Å². The van der Waals surface area contributed by atoms with Gasteiger partial charge in [0.1, 0.15) is 17.3 Å². The molecule has 0 spiro atoms. The molecule has 4 saturated heterocycles. The number of carbonyl (C=O) groups excluding carboxylic acids is 4. The maximum Gasteiger partial charge on any atom is 0.280 e. The van der Waals surface area contributed by atoms with Gasteiger partial charge in [0, 0.05) is 116 Å². The SMILES string of the molecule is CC(C)Oc1ccc(-c2nc(-c3cccc4c3CC3CC(=O)N(CCO)C43)no2)cc1.O=C1CC2Cc3c(-c4noc(-c5cc(-c6nccs6)on5)n4)cccc3C2N1CCO.O=C1CC2Cc3c(-c4noc(-c5cn(Cc6ccccc6)nn5)n4)cccc3C2N1CCO.O=C1CC2Cc3c(-c4noc(-c5cn6c(n5)CCCC6)n4)cccc3C2N1CCO. The summed E-state index contributed by atoms with van der Waals surface area (Å²) in [7, 11) is 0. The van der Waals surface area contributed by atoms with Gasteiger partial charge in [0.25, 0.3) is 23.6 Å². The van der Waals surface area contributed by atoms with Crippen LogP contribution in [0.5, 0.6) is 5.75 Å². The first-order chi connectivity index (χ1) is 61.2. The number of fused-ring (bicyclic) bond motifs is 13. The van der Waals surface area contributed by atoms with E-state index < -0.39 is 0 Å². The molecule has 0 saturated carbocycles. The molecule has 33 nitrogen and oxygen atoms in total. The van der Waals surface area contributed by atoms with Gasteiger partial charge >= 0.3 is 0 Å². The standard InChI is InChI=1S/C24H22N6O3.C24H25N3O4.C22H23N5O3.C21H17N5O4S/c31-10-9-30-21(32)12-16-11-19-17(22(16)30)7-4-8-18(19)23-25-24(33-27-23)20-14-29(28-26-20)13-15-5-2-1-3-6-15;1-14(2)30-17-8-6-15(7-9-17)24-25-23(26-31-24)19-5-3-4-18-20(19)12-16-13-21(29)27(10-11-28)22(16)18;28-9-8-27-19(29)11-13-10-16-14(20(13)27)4-3-5-15(16)21-24-22(30-25-21)17-12-26-7-2-1-6-18(26)23-17;27-6-5-26-17(28)9-11-8-14-12(18(11)26)2-1-3-13(14)19-23-20(30-25-19)15-10-16(29-24-15)21-22-4-7-31-21/h1-8,14,16,22,31H,9-13H2;3-9,14,16,22,28H,10-13H2,1-2H3;3-5,12-13,20,28H,1-2,6-11H2;1-4,7,10-11,18,27H,5-6,8-9H2. The number of ether oxygens (including phenoxy) is 1. The summed E-state index contributed by atoms with van der Waals surface area (Å²) < 4.78 is 37.1. The average molecular weight is 1700 g/mol. The molecule has 125 heavy (non-hydrogen) atoms. The first-order valence-corrected chi connectivity index (χ1v) is 43.2. The van der Waals surface area contributed by atoms with Gasteiger partial charge in [-0.2, -0.15) is 19.9 Å². The number of thiazole rings is 1. The van der Waals surface area contributed by atoms with E-state index in [0.717, 1.165) is 128 Å². The van der Waals surface area contributed by atoms with Crippen molar-refractivity contribution in [2.24, 2.45) is 23.7 Å². The van der Waals surface area contributed by atoms with Crippen molar-refractivity contribution in [3.63, 3.8) is 0 Å². The Labute approximate surface area is 718 Å². The largest absolute Gasteiger partial charge is 0.491 e. The molecule has 8 unspecified atom stereocenters. The van der Waals surface area contributed by atoms with Gasteiger partial charge in [-0.15, -0.1) is 16.4 Å². The van der Waals surface area contributed by atoms with E-state index in [0.29, 0.717) is 117 Å². The zero-order chi connectivity index (χ0) is 85.1. The Kier molecular flexibility index (Phi) is 21.8. The molecule has 4 fully saturated rings. The number of benzene rings is 6. The van der Waals surface area contributed by atoms with E-state index in [1.807, 2.05) is 144 Å². The monoisotopic (exact) mass is 1700 g/mol. The minimum Gasteiger partial charge on any atom is -0.491 e. The van der Waals surface area contributed by atoms with Gasteiger partial charge in [0.2, 0.25) is 46.9 Å². The quantitative estimate of drug-likeness (QED) is 0.0519. The van der Waals surface area contributed by atoms with Gasteiger partial charge in [0.05, 0.1) is 69.4 Å². The lowest BCUT2D eigenvalue weighted by atomic mass is 10.0. The maximum atomic E-state index is 12.4. The summed E-state index contributed by atoms with van der Waals surface area (Å²) in [4.78, 5) is 84.0. The lowest BCUT2D eigenvalue weighted by Gasteiger charge is -2.24. The molecule has 34 heteroatoms. The van der Waals surface area contributed by atoms with Crippen molar-refractivity contribution in [1.82, 2.24) is 94.8 Å². The summed E-state index contributed by atoms with van der Waals surface area (Å²) >= 11 is 1.46. The van der Waals surface area contributed by atoms with E-state index >= 15 is 0 Å². The highest BCUT2D eigenvalue weighted by Gasteiger charge is 2.51. The summed E-state index contributed by atoms with van der Waals surface area (Å²) in [6.07, 6.45) is 14.1. The van der Waals surface area contributed by atoms with Crippen molar-refractivity contribution in [3.05, 3.63) is 213 Å². The number of β-amino-alcohol motifs (C(OH)–C–C–N with tert-alkyl or cyclic N) is 4. The first kappa shape index (κ1) is 80.0. The Bertz CT molecular complexity index is 6310. The molecule has 9 aliphatic rings. The van der Waals surface area contributed by atoms with E-state index in [4.69, 9.17) is 27.4 Å². The predicted molar refractivity (Wildman–Crippen MR) is 449 cm³/mol. The van der Waals surface area contributed by atoms with Crippen LogP contribution < -0.4 is 4.74 Å². The van der Waals surface area contributed by atoms with Crippen molar-refractivity contribution in [2.75, 3.05) is 52.6 Å². The van der Waals surface area contributed by atoms with E-state index in [1.165, 1.54) is 35.3 Å². The van der Waals surface area contributed by atoms with E-state index in [9.17, 15) is 39.6 Å². The van der Waals surface area contributed by atoms with Crippen LogP contribution in [0.2, 0.25) is 0 Å². The van der Waals surface area contributed by atoms with Gasteiger partial charge in [-0.25, -0.2) is 14.6 Å². The highest BCUT2D eigenvalue weighted by atomic mass is 32.1. The number of hydrogen-bond acceptors (Lipinski definition) is 28. The zero-order valence-corrected chi connectivity index (χ0v) is 69.1. The molecule has 5 aliphatic heterocycles. The zero-order valence-electron chi connectivity index (χ0n) is 68.3. The normalized spacial score (nSPS) is 20.2. The predicted octanol–water partition coefficient (Wildman–Crippen LogP) is 11.4. The van der Waals surface area contributed by atoms with E-state index in [1.54, 1.807) is 32.9 Å². The summed E-state index contributed by atoms with van der Waals surface area (Å²) in [6, 6.07) is 43.5. The Morgan fingerprint density at radius 1 is 0.456 bits per heavy atom. The number of carbonyl (C=O) groups is 4. The second-order valence-electron chi connectivity index (χ2n) is 33.0. The maximum absolute atomic E-state index is 12.4. The van der Waals surface area contributed by atoms with Crippen LogP contribution in [0.25, 0.3) is 103 Å². The van der Waals surface area contributed by atoms with Crippen molar-refractivity contribution >= 4 is 35.0 Å². The number of imidazole rings is 1. The second kappa shape index (κ2) is 34.0. The van der Waals surface area contributed by atoms with Crippen molar-refractivity contribution in [2.45, 2.75) is 128 Å². The van der Waals surface area contributed by atoms with Crippen LogP contribution in [0.15, 0.2) is 180 Å². The van der Waals surface area contributed by atoms with Gasteiger partial charge in [-0.1, -0.05) is 134 Å². The molecule has 4 aliphatic carbocycles. The van der Waals surface area contributed by atoms with Crippen molar-refractivity contribution in [1.29, 1.82) is 0 Å².